The first-order valence-electron chi connectivity index (χ1n) is 7.24. The molecule has 5 heteroatoms. The fourth-order valence-electron chi connectivity index (χ4n) is 2.38. The van der Waals surface area contributed by atoms with Crippen LogP contribution < -0.4 is 11.1 Å². The van der Waals surface area contributed by atoms with Gasteiger partial charge in [0, 0.05) is 16.5 Å². The molecular formula is C18H16N2O3. The molecule has 0 fully saturated rings. The van der Waals surface area contributed by atoms with Gasteiger partial charge in [0.15, 0.2) is 0 Å². The van der Waals surface area contributed by atoms with Crippen LogP contribution >= 0.6 is 0 Å². The summed E-state index contributed by atoms with van der Waals surface area (Å²) in [5.41, 5.74) is 6.69. The van der Waals surface area contributed by atoms with Gasteiger partial charge in [-0.05, 0) is 37.3 Å². The van der Waals surface area contributed by atoms with Gasteiger partial charge >= 0.3 is 0 Å². The number of fused-ring (bicyclic) bond motifs is 1. The molecule has 1 atom stereocenters. The number of hydrogen-bond acceptors (Lipinski definition) is 3. The Kier molecular flexibility index (Phi) is 3.85. The zero-order chi connectivity index (χ0) is 16.4. The molecule has 5 nitrogen and oxygen atoms in total. The van der Waals surface area contributed by atoms with Gasteiger partial charge in [-0.15, -0.1) is 0 Å². The Labute approximate surface area is 133 Å². The first kappa shape index (κ1) is 14.8. The summed E-state index contributed by atoms with van der Waals surface area (Å²) in [5, 5.41) is 3.84. The number of amides is 2. The molecule has 2 amide bonds. The summed E-state index contributed by atoms with van der Waals surface area (Å²) >= 11 is 0. The predicted octanol–water partition coefficient (Wildman–Crippen LogP) is 3.02. The lowest BCUT2D eigenvalue weighted by Gasteiger charge is -2.11. The Morgan fingerprint density at radius 1 is 1.04 bits per heavy atom. The fraction of sp³-hybridized carbons (Fsp3) is 0.111. The van der Waals surface area contributed by atoms with Crippen LogP contribution in [0.3, 0.4) is 0 Å². The van der Waals surface area contributed by atoms with E-state index in [-0.39, 0.29) is 11.9 Å². The van der Waals surface area contributed by atoms with E-state index in [1.165, 1.54) is 6.07 Å². The maximum atomic E-state index is 12.3. The van der Waals surface area contributed by atoms with Crippen molar-refractivity contribution in [2.24, 2.45) is 5.73 Å². The Balaban J connectivity index is 1.79. The number of nitrogens with one attached hydrogen (secondary N) is 1. The molecule has 0 aliphatic rings. The van der Waals surface area contributed by atoms with Gasteiger partial charge in [0.05, 0.1) is 6.04 Å². The van der Waals surface area contributed by atoms with Crippen molar-refractivity contribution in [1.29, 1.82) is 0 Å². The van der Waals surface area contributed by atoms with Crippen LogP contribution in [0.4, 0.5) is 0 Å². The van der Waals surface area contributed by atoms with Gasteiger partial charge in [-0.1, -0.05) is 24.3 Å². The van der Waals surface area contributed by atoms with Crippen molar-refractivity contribution in [2.75, 3.05) is 0 Å². The molecule has 23 heavy (non-hydrogen) atoms. The van der Waals surface area contributed by atoms with Gasteiger partial charge in [0.25, 0.3) is 5.91 Å². The van der Waals surface area contributed by atoms with Crippen molar-refractivity contribution < 1.29 is 14.0 Å². The van der Waals surface area contributed by atoms with Crippen molar-refractivity contribution in [3.63, 3.8) is 0 Å². The van der Waals surface area contributed by atoms with Gasteiger partial charge in [-0.2, -0.15) is 0 Å². The number of primary amides is 1. The summed E-state index contributed by atoms with van der Waals surface area (Å²) in [4.78, 5) is 23.5. The maximum Gasteiger partial charge on any atom is 0.251 e. The smallest absolute Gasteiger partial charge is 0.251 e. The molecule has 3 aromatic rings. The number of para-hydroxylation sites is 1. The van der Waals surface area contributed by atoms with E-state index >= 15 is 0 Å². The van der Waals surface area contributed by atoms with E-state index < -0.39 is 5.91 Å². The standard InChI is InChI=1S/C18H16N2O3/c1-11(16-10-12-5-2-3-8-15(12)23-16)20-18(22)14-7-4-6-13(9-14)17(19)21/h2-11H,1H3,(H2,19,21)(H,20,22)/t11-/m1/s1. The molecule has 0 radical (unpaired) electrons. The SMILES string of the molecule is C[C@@H](NC(=O)c1cccc(C(N)=O)c1)c1cc2ccccc2o1. The molecule has 0 aliphatic carbocycles. The van der Waals surface area contributed by atoms with Gasteiger partial charge in [-0.3, -0.25) is 9.59 Å². The molecule has 116 valence electrons. The van der Waals surface area contributed by atoms with Crippen molar-refractivity contribution in [3.8, 4) is 0 Å². The van der Waals surface area contributed by atoms with E-state index in [9.17, 15) is 9.59 Å². The minimum Gasteiger partial charge on any atom is -0.459 e. The van der Waals surface area contributed by atoms with Crippen molar-refractivity contribution in [2.45, 2.75) is 13.0 Å². The van der Waals surface area contributed by atoms with Crippen LogP contribution in [-0.4, -0.2) is 11.8 Å². The molecule has 1 heterocycles. The summed E-state index contributed by atoms with van der Waals surface area (Å²) < 4.78 is 5.74. The van der Waals surface area contributed by atoms with E-state index in [0.29, 0.717) is 16.9 Å². The lowest BCUT2D eigenvalue weighted by molar-refractivity contribution is 0.0935. The van der Waals surface area contributed by atoms with Crippen molar-refractivity contribution >= 4 is 22.8 Å². The minimum absolute atomic E-state index is 0.291. The third-order valence-corrected chi connectivity index (χ3v) is 3.63. The number of nitrogens with two attached hydrogens (primary N) is 1. The predicted molar refractivity (Wildman–Crippen MR) is 87.1 cm³/mol. The Morgan fingerprint density at radius 2 is 1.78 bits per heavy atom. The first-order chi connectivity index (χ1) is 11.0. The normalized spacial score (nSPS) is 12.0. The van der Waals surface area contributed by atoms with Crippen LogP contribution in [0.1, 0.15) is 39.4 Å². The first-order valence-corrected chi connectivity index (χ1v) is 7.24. The van der Waals surface area contributed by atoms with Crippen LogP contribution in [0.5, 0.6) is 0 Å². The summed E-state index contributed by atoms with van der Waals surface area (Å²) in [6, 6.07) is 15.6. The average molecular weight is 308 g/mol. The van der Waals surface area contributed by atoms with Crippen LogP contribution in [0.2, 0.25) is 0 Å². The lowest BCUT2D eigenvalue weighted by Crippen LogP contribution is -2.26. The molecule has 0 saturated heterocycles. The highest BCUT2D eigenvalue weighted by Gasteiger charge is 2.16. The quantitative estimate of drug-likeness (QED) is 0.777. The molecule has 0 spiro atoms. The largest absolute Gasteiger partial charge is 0.459 e. The number of benzene rings is 2. The Bertz CT molecular complexity index is 850. The summed E-state index contributed by atoms with van der Waals surface area (Å²) in [6.45, 7) is 1.84. The van der Waals surface area contributed by atoms with Crippen LogP contribution in [0.15, 0.2) is 59.0 Å². The molecule has 3 N–H and O–H groups in total. The molecular weight excluding hydrogens is 292 g/mol. The van der Waals surface area contributed by atoms with Gasteiger partial charge in [-0.25, -0.2) is 0 Å². The third-order valence-electron chi connectivity index (χ3n) is 3.63. The highest BCUT2D eigenvalue weighted by Crippen LogP contribution is 2.23. The van der Waals surface area contributed by atoms with Gasteiger partial charge < -0.3 is 15.5 Å². The molecule has 0 aliphatic heterocycles. The number of carbonyl (C=O) groups is 2. The Morgan fingerprint density at radius 3 is 2.52 bits per heavy atom. The molecule has 2 aromatic carbocycles. The Hall–Kier alpha value is -3.08. The molecule has 3 rings (SSSR count). The third kappa shape index (κ3) is 3.08. The number of hydrogen-bond donors (Lipinski definition) is 2. The van der Waals surface area contributed by atoms with Crippen LogP contribution in [-0.2, 0) is 0 Å². The monoisotopic (exact) mass is 308 g/mol. The fourth-order valence-corrected chi connectivity index (χ4v) is 2.38. The molecule has 0 unspecified atom stereocenters. The van der Waals surface area contributed by atoms with Gasteiger partial charge in [0.1, 0.15) is 11.3 Å². The second-order valence-corrected chi connectivity index (χ2v) is 5.33. The van der Waals surface area contributed by atoms with E-state index in [1.807, 2.05) is 37.3 Å². The number of carbonyl (C=O) groups excluding carboxylic acids is 2. The zero-order valence-electron chi connectivity index (χ0n) is 12.6. The summed E-state index contributed by atoms with van der Waals surface area (Å²) in [6.07, 6.45) is 0. The maximum absolute atomic E-state index is 12.3. The van der Waals surface area contributed by atoms with Crippen LogP contribution in [0.25, 0.3) is 11.0 Å². The minimum atomic E-state index is -0.565. The van der Waals surface area contributed by atoms with Crippen molar-refractivity contribution in [1.82, 2.24) is 5.32 Å². The topological polar surface area (TPSA) is 85.3 Å². The number of furan rings is 1. The van der Waals surface area contributed by atoms with Gasteiger partial charge in [0.2, 0.25) is 5.91 Å². The second-order valence-electron chi connectivity index (χ2n) is 5.33. The van der Waals surface area contributed by atoms with E-state index in [2.05, 4.69) is 5.32 Å². The molecule has 0 saturated carbocycles. The summed E-state index contributed by atoms with van der Waals surface area (Å²) in [7, 11) is 0. The van der Waals surface area contributed by atoms with Crippen LogP contribution in [0, 0.1) is 0 Å². The summed E-state index contributed by atoms with van der Waals surface area (Å²) in [5.74, 6) is -0.184. The van der Waals surface area contributed by atoms with E-state index in [0.717, 1.165) is 11.0 Å². The van der Waals surface area contributed by atoms with Crippen molar-refractivity contribution in [3.05, 3.63) is 71.5 Å². The average Bonchev–Trinajstić information content (AvgIpc) is 2.99. The number of rotatable bonds is 4. The molecule has 0 bridgehead atoms. The highest BCUT2D eigenvalue weighted by molar-refractivity contribution is 5.99. The lowest BCUT2D eigenvalue weighted by atomic mass is 10.1. The molecule has 1 aromatic heterocycles. The zero-order valence-corrected chi connectivity index (χ0v) is 12.6. The van der Waals surface area contributed by atoms with E-state index in [1.54, 1.807) is 18.2 Å². The van der Waals surface area contributed by atoms with E-state index in [4.69, 9.17) is 10.2 Å². The second kappa shape index (κ2) is 5.96. The highest BCUT2D eigenvalue weighted by atomic mass is 16.3.